The van der Waals surface area contributed by atoms with Crippen LogP contribution >= 0.6 is 22.9 Å². The number of halogens is 4. The first-order valence-corrected chi connectivity index (χ1v) is 7.04. The van der Waals surface area contributed by atoms with E-state index in [1.165, 1.54) is 11.3 Å². The predicted octanol–water partition coefficient (Wildman–Crippen LogP) is 3.47. The minimum atomic E-state index is -4.12. The summed E-state index contributed by atoms with van der Waals surface area (Å²) in [5.74, 6) is -3.99. The van der Waals surface area contributed by atoms with Crippen LogP contribution in [0.1, 0.15) is 5.01 Å². The molecule has 2 heterocycles. The summed E-state index contributed by atoms with van der Waals surface area (Å²) in [5, 5.41) is 4.95. The third-order valence-corrected chi connectivity index (χ3v) is 3.99. The fraction of sp³-hybridized carbons (Fsp3) is 0.400. The summed E-state index contributed by atoms with van der Waals surface area (Å²) in [6, 6.07) is 0. The zero-order valence-corrected chi connectivity index (χ0v) is 11.8. The maximum Gasteiger partial charge on any atom is 0.324 e. The molecule has 0 saturated carbocycles. The fourth-order valence-corrected chi connectivity index (χ4v) is 2.75. The van der Waals surface area contributed by atoms with Crippen LogP contribution in [0.5, 0.6) is 0 Å². The van der Waals surface area contributed by atoms with Gasteiger partial charge in [0.25, 0.3) is 0 Å². The van der Waals surface area contributed by atoms with Gasteiger partial charge < -0.3 is 11.1 Å². The molecule has 0 atom stereocenters. The highest BCUT2D eigenvalue weighted by molar-refractivity contribution is 7.11. The topological polar surface area (TPSA) is 63.8 Å². The molecule has 2 aromatic heterocycles. The van der Waals surface area contributed by atoms with Crippen molar-refractivity contribution in [1.29, 1.82) is 0 Å². The highest BCUT2D eigenvalue weighted by atomic mass is 32.1. The molecule has 0 aliphatic carbocycles. The number of nitrogens with one attached hydrogen (secondary N) is 1. The standard InChI is InChI=1S/C10H10F4N4S2/c1-4-17-5(2-19-4)6-7(15)18-20-8(6)16-3-10(13,14)9(11)12/h2,9,16H,3H2,1H3,(H2,15,18). The first-order chi connectivity index (χ1) is 9.31. The highest BCUT2D eigenvalue weighted by Gasteiger charge is 2.40. The second-order valence-corrected chi connectivity index (χ2v) is 5.77. The molecule has 2 rings (SSSR count). The monoisotopic (exact) mass is 326 g/mol. The maximum absolute atomic E-state index is 12.9. The average Bonchev–Trinajstić information content (AvgIpc) is 2.93. The minimum Gasteiger partial charge on any atom is -0.382 e. The summed E-state index contributed by atoms with van der Waals surface area (Å²) < 4.78 is 53.9. The van der Waals surface area contributed by atoms with Gasteiger partial charge in [0.15, 0.2) is 0 Å². The Kier molecular flexibility index (Phi) is 4.14. The average molecular weight is 326 g/mol. The number of hydrogen-bond acceptors (Lipinski definition) is 6. The number of rotatable bonds is 5. The molecule has 0 saturated heterocycles. The molecule has 0 spiro atoms. The zero-order chi connectivity index (χ0) is 14.9. The van der Waals surface area contributed by atoms with Crippen molar-refractivity contribution >= 4 is 33.7 Å². The molecule has 10 heteroatoms. The third-order valence-electron chi connectivity index (χ3n) is 2.40. The van der Waals surface area contributed by atoms with Crippen molar-refractivity contribution in [3.05, 3.63) is 10.4 Å². The minimum absolute atomic E-state index is 0.128. The smallest absolute Gasteiger partial charge is 0.324 e. The first kappa shape index (κ1) is 15.0. The van der Waals surface area contributed by atoms with E-state index in [2.05, 4.69) is 14.7 Å². The first-order valence-electron chi connectivity index (χ1n) is 5.38. The van der Waals surface area contributed by atoms with Crippen LogP contribution in [0.2, 0.25) is 0 Å². The highest BCUT2D eigenvalue weighted by Crippen LogP contribution is 2.37. The van der Waals surface area contributed by atoms with E-state index in [4.69, 9.17) is 5.73 Å². The van der Waals surface area contributed by atoms with E-state index in [0.717, 1.165) is 16.5 Å². The number of anilines is 2. The molecule has 0 bridgehead atoms. The molecule has 0 unspecified atom stereocenters. The number of nitrogens with zero attached hydrogens (tertiary/aromatic N) is 2. The summed E-state index contributed by atoms with van der Waals surface area (Å²) in [6.45, 7) is 0.588. The molecule has 2 aromatic rings. The Morgan fingerprint density at radius 2 is 2.15 bits per heavy atom. The van der Waals surface area contributed by atoms with E-state index in [-0.39, 0.29) is 10.8 Å². The van der Waals surface area contributed by atoms with Crippen LogP contribution in [0.3, 0.4) is 0 Å². The van der Waals surface area contributed by atoms with Gasteiger partial charge in [-0.1, -0.05) is 0 Å². The van der Waals surface area contributed by atoms with Gasteiger partial charge in [-0.3, -0.25) is 0 Å². The zero-order valence-electron chi connectivity index (χ0n) is 10.2. The Morgan fingerprint density at radius 3 is 2.70 bits per heavy atom. The number of aromatic nitrogens is 2. The van der Waals surface area contributed by atoms with Gasteiger partial charge in [0.2, 0.25) is 0 Å². The van der Waals surface area contributed by atoms with E-state index in [9.17, 15) is 17.6 Å². The summed E-state index contributed by atoms with van der Waals surface area (Å²) in [7, 11) is 0. The molecule has 0 amide bonds. The van der Waals surface area contributed by atoms with Gasteiger partial charge in [0, 0.05) is 5.38 Å². The normalized spacial score (nSPS) is 12.1. The Balaban J connectivity index is 2.22. The number of aryl methyl sites for hydroxylation is 1. The Bertz CT molecular complexity index is 596. The lowest BCUT2D eigenvalue weighted by molar-refractivity contribution is -0.117. The molecular formula is C10H10F4N4S2. The van der Waals surface area contributed by atoms with Crippen LogP contribution in [0.25, 0.3) is 11.3 Å². The van der Waals surface area contributed by atoms with Crippen LogP contribution in [-0.2, 0) is 0 Å². The van der Waals surface area contributed by atoms with Gasteiger partial charge in [0.1, 0.15) is 10.8 Å². The Morgan fingerprint density at radius 1 is 1.45 bits per heavy atom. The second kappa shape index (κ2) is 5.52. The largest absolute Gasteiger partial charge is 0.382 e. The van der Waals surface area contributed by atoms with Crippen molar-refractivity contribution in [2.24, 2.45) is 0 Å². The molecule has 3 N–H and O–H groups in total. The molecule has 0 fully saturated rings. The number of nitrogen functional groups attached to an aromatic ring is 1. The van der Waals surface area contributed by atoms with Crippen LogP contribution in [0.15, 0.2) is 5.38 Å². The van der Waals surface area contributed by atoms with Crippen LogP contribution in [-0.4, -0.2) is 28.3 Å². The SMILES string of the molecule is Cc1nc(-c2c(N)nsc2NCC(F)(F)C(F)F)cs1. The van der Waals surface area contributed by atoms with Crippen LogP contribution in [0.4, 0.5) is 28.4 Å². The predicted molar refractivity (Wildman–Crippen MR) is 71.8 cm³/mol. The van der Waals surface area contributed by atoms with E-state index >= 15 is 0 Å². The van der Waals surface area contributed by atoms with Crippen LogP contribution < -0.4 is 11.1 Å². The van der Waals surface area contributed by atoms with E-state index in [0.29, 0.717) is 11.3 Å². The number of hydrogen-bond donors (Lipinski definition) is 2. The van der Waals surface area contributed by atoms with Crippen molar-refractivity contribution in [2.75, 3.05) is 17.6 Å². The Labute approximate surface area is 119 Å². The molecule has 20 heavy (non-hydrogen) atoms. The number of nitrogens with two attached hydrogens (primary N) is 1. The second-order valence-electron chi connectivity index (χ2n) is 3.94. The quantitative estimate of drug-likeness (QED) is 0.826. The van der Waals surface area contributed by atoms with Crippen molar-refractivity contribution in [2.45, 2.75) is 19.3 Å². The van der Waals surface area contributed by atoms with Crippen molar-refractivity contribution in [1.82, 2.24) is 9.36 Å². The summed E-state index contributed by atoms with van der Waals surface area (Å²) in [5.41, 5.74) is 6.52. The van der Waals surface area contributed by atoms with Gasteiger partial charge in [0.05, 0.1) is 22.8 Å². The molecule has 0 aliphatic heterocycles. The van der Waals surface area contributed by atoms with Crippen molar-refractivity contribution < 1.29 is 17.6 Å². The van der Waals surface area contributed by atoms with Gasteiger partial charge in [-0.2, -0.15) is 13.2 Å². The van der Waals surface area contributed by atoms with Gasteiger partial charge in [-0.15, -0.1) is 11.3 Å². The van der Waals surface area contributed by atoms with E-state index in [1.54, 1.807) is 12.3 Å². The molecular weight excluding hydrogens is 316 g/mol. The maximum atomic E-state index is 12.9. The third kappa shape index (κ3) is 3.01. The molecule has 0 radical (unpaired) electrons. The molecule has 4 nitrogen and oxygen atoms in total. The lowest BCUT2D eigenvalue weighted by Gasteiger charge is -2.16. The van der Waals surface area contributed by atoms with Crippen LogP contribution in [0, 0.1) is 6.92 Å². The number of alkyl halides is 4. The van der Waals surface area contributed by atoms with Crippen molar-refractivity contribution in [3.63, 3.8) is 0 Å². The van der Waals surface area contributed by atoms with Crippen molar-refractivity contribution in [3.8, 4) is 11.3 Å². The lowest BCUT2D eigenvalue weighted by atomic mass is 10.2. The van der Waals surface area contributed by atoms with Gasteiger partial charge in [-0.05, 0) is 18.5 Å². The Hall–Kier alpha value is -1.42. The van der Waals surface area contributed by atoms with Gasteiger partial charge in [-0.25, -0.2) is 13.8 Å². The molecule has 0 aromatic carbocycles. The molecule has 0 aliphatic rings. The van der Waals surface area contributed by atoms with E-state index in [1.807, 2.05) is 0 Å². The van der Waals surface area contributed by atoms with E-state index < -0.39 is 18.9 Å². The molecule has 110 valence electrons. The number of thiazole rings is 1. The summed E-state index contributed by atoms with van der Waals surface area (Å²) >= 11 is 2.20. The summed E-state index contributed by atoms with van der Waals surface area (Å²) in [6.07, 6.45) is -3.73. The lowest BCUT2D eigenvalue weighted by Crippen LogP contribution is -2.34. The van der Waals surface area contributed by atoms with Gasteiger partial charge >= 0.3 is 12.3 Å². The summed E-state index contributed by atoms with van der Waals surface area (Å²) in [4.78, 5) is 4.18. The fourth-order valence-electron chi connectivity index (χ4n) is 1.42.